The smallest absolute Gasteiger partial charge is 0.330 e. The first-order valence-electron chi connectivity index (χ1n) is 7.72. The maximum Gasteiger partial charge on any atom is 0.330 e. The molecule has 0 aliphatic carbocycles. The Morgan fingerprint density at radius 1 is 1.34 bits per heavy atom. The SMILES string of the molecule is Cc1cn(C2CC(O)C(COP([O-])(=S)OP(=O)([O-])CP(=O)([O-])[O-])O2)c(=O)[nH]c1=O. The van der Waals surface area contributed by atoms with Crippen molar-refractivity contribution < 1.29 is 47.4 Å². The number of aryl methyl sites for hydroxylation is 1. The summed E-state index contributed by atoms with van der Waals surface area (Å²) >= 11 is 4.34. The van der Waals surface area contributed by atoms with E-state index in [2.05, 4.69) is 25.6 Å². The molecule has 0 saturated carbocycles. The Labute approximate surface area is 168 Å². The molecule has 0 aromatic carbocycles. The Hall–Kier alpha value is -0.530. The first kappa shape index (κ1) is 24.7. The van der Waals surface area contributed by atoms with E-state index in [4.69, 9.17) is 4.74 Å². The maximum absolute atomic E-state index is 11.9. The van der Waals surface area contributed by atoms with Crippen molar-refractivity contribution in [3.63, 3.8) is 0 Å². The molecule has 1 aromatic rings. The second kappa shape index (κ2) is 8.91. The summed E-state index contributed by atoms with van der Waals surface area (Å²) in [5, 5.41) is 10.0. The number of aromatic nitrogens is 2. The van der Waals surface area contributed by atoms with E-state index >= 15 is 0 Å². The molecule has 18 heteroatoms. The van der Waals surface area contributed by atoms with E-state index in [1.165, 1.54) is 13.1 Å². The lowest BCUT2D eigenvalue weighted by Crippen LogP contribution is -2.33. The molecule has 1 aliphatic heterocycles. The van der Waals surface area contributed by atoms with Crippen LogP contribution in [-0.4, -0.2) is 39.4 Å². The van der Waals surface area contributed by atoms with Crippen molar-refractivity contribution in [1.29, 1.82) is 0 Å². The average Bonchev–Trinajstić information content (AvgIpc) is 2.86. The molecule has 14 nitrogen and oxygen atoms in total. The van der Waals surface area contributed by atoms with Gasteiger partial charge in [0.2, 0.25) is 0 Å². The Kier molecular flexibility index (Phi) is 7.60. The molecule has 2 heterocycles. The Balaban J connectivity index is 2.03. The van der Waals surface area contributed by atoms with Crippen LogP contribution in [0.4, 0.5) is 0 Å². The van der Waals surface area contributed by atoms with Crippen LogP contribution in [0.2, 0.25) is 0 Å². The van der Waals surface area contributed by atoms with Crippen molar-refractivity contribution in [3.05, 3.63) is 32.6 Å². The number of nitrogens with one attached hydrogen (secondary N) is 1. The van der Waals surface area contributed by atoms with Gasteiger partial charge in [-0.1, -0.05) is 19.4 Å². The normalized spacial score (nSPS) is 26.8. The number of rotatable bonds is 8. The highest BCUT2D eigenvalue weighted by atomic mass is 32.5. The Bertz CT molecular complexity index is 1020. The van der Waals surface area contributed by atoms with Crippen molar-refractivity contribution in [1.82, 2.24) is 9.55 Å². The van der Waals surface area contributed by atoms with Crippen LogP contribution < -0.4 is 30.8 Å². The number of aliphatic hydroxyl groups is 1. The van der Waals surface area contributed by atoms with Crippen LogP contribution in [0.5, 0.6) is 0 Å². The van der Waals surface area contributed by atoms with Crippen LogP contribution in [0.3, 0.4) is 0 Å². The molecule has 166 valence electrons. The molecule has 1 saturated heterocycles. The van der Waals surface area contributed by atoms with Crippen LogP contribution in [0.15, 0.2) is 15.8 Å². The second-order valence-electron chi connectivity index (χ2n) is 6.10. The lowest BCUT2D eigenvalue weighted by Gasteiger charge is -2.40. The Morgan fingerprint density at radius 2 is 1.97 bits per heavy atom. The van der Waals surface area contributed by atoms with Gasteiger partial charge in [-0.15, -0.1) is 0 Å². The second-order valence-corrected chi connectivity index (χ2v) is 12.8. The van der Waals surface area contributed by atoms with Gasteiger partial charge >= 0.3 is 5.69 Å². The molecule has 0 radical (unpaired) electrons. The summed E-state index contributed by atoms with van der Waals surface area (Å²) in [7, 11) is -10.9. The molecular weight excluding hydrogens is 477 g/mol. The van der Waals surface area contributed by atoms with Gasteiger partial charge in [-0.25, -0.2) is 4.79 Å². The molecule has 0 amide bonds. The van der Waals surface area contributed by atoms with E-state index in [9.17, 15) is 43.4 Å². The molecule has 0 spiro atoms. The van der Waals surface area contributed by atoms with Crippen LogP contribution in [-0.2, 0) is 34.5 Å². The number of hydrogen-bond acceptors (Lipinski definition) is 13. The third-order valence-electron chi connectivity index (χ3n) is 3.63. The van der Waals surface area contributed by atoms with Crippen molar-refractivity contribution in [2.75, 3.05) is 12.5 Å². The van der Waals surface area contributed by atoms with Crippen molar-refractivity contribution in [3.8, 4) is 0 Å². The van der Waals surface area contributed by atoms with Crippen LogP contribution in [0.1, 0.15) is 18.2 Å². The van der Waals surface area contributed by atoms with Gasteiger partial charge in [-0.3, -0.25) is 18.7 Å². The summed E-state index contributed by atoms with van der Waals surface area (Å²) in [5.41, 5.74) is -1.20. The quantitative estimate of drug-likeness (QED) is 0.337. The minimum absolute atomic E-state index is 0.127. The lowest BCUT2D eigenvalue weighted by molar-refractivity contribution is -0.312. The molecule has 2 rings (SSSR count). The van der Waals surface area contributed by atoms with Gasteiger partial charge in [0.15, 0.2) is 0 Å². The first-order chi connectivity index (χ1) is 13.1. The highest BCUT2D eigenvalue weighted by Crippen LogP contribution is 2.59. The molecule has 1 aromatic heterocycles. The van der Waals surface area contributed by atoms with Crippen LogP contribution in [0.25, 0.3) is 0 Å². The van der Waals surface area contributed by atoms with Gasteiger partial charge < -0.3 is 43.1 Å². The molecule has 0 bridgehead atoms. The summed E-state index contributed by atoms with van der Waals surface area (Å²) in [5.74, 6) is -1.94. The first-order valence-corrected chi connectivity index (χ1v) is 13.7. The van der Waals surface area contributed by atoms with Gasteiger partial charge in [0.1, 0.15) is 26.6 Å². The molecule has 1 aliphatic rings. The molecule has 2 N–H and O–H groups in total. The molecule has 29 heavy (non-hydrogen) atoms. The van der Waals surface area contributed by atoms with Crippen molar-refractivity contribution in [2.45, 2.75) is 31.8 Å². The summed E-state index contributed by atoms with van der Waals surface area (Å²) in [6, 6.07) is 0. The third-order valence-corrected chi connectivity index (χ3v) is 9.58. The number of H-pyrrole nitrogens is 1. The van der Waals surface area contributed by atoms with E-state index in [0.29, 0.717) is 0 Å². The monoisotopic (exact) mass is 492 g/mol. The highest BCUT2D eigenvalue weighted by molar-refractivity contribution is 8.08. The predicted molar refractivity (Wildman–Crippen MR) is 92.0 cm³/mol. The number of aromatic amines is 1. The third kappa shape index (κ3) is 7.28. The van der Waals surface area contributed by atoms with Crippen molar-refractivity contribution in [2.24, 2.45) is 0 Å². The summed E-state index contributed by atoms with van der Waals surface area (Å²) in [4.78, 5) is 69.8. The zero-order chi connectivity index (χ0) is 22.2. The number of ether oxygens (including phenoxy) is 1. The van der Waals surface area contributed by atoms with E-state index in [-0.39, 0.29) is 12.0 Å². The summed E-state index contributed by atoms with van der Waals surface area (Å²) in [6.07, 6.45) is -2.41. The average molecular weight is 492 g/mol. The standard InChI is InChI=1S/C11H19N2O12P3S/c1-6-3-13(11(16)12-10(6)15)9-2-7(14)8(24-9)4-23-28(22,29)25-27(20,21)5-26(17,18)19/h3,7-9,14H,2,4-5H2,1H3,(H,20,21)(H,22,29)(H,12,15,16)(H2,17,18,19)/p-4. The van der Waals surface area contributed by atoms with E-state index in [1.54, 1.807) is 0 Å². The number of hydrogen-bond donors (Lipinski definition) is 2. The fourth-order valence-corrected chi connectivity index (χ4v) is 7.62. The van der Waals surface area contributed by atoms with Gasteiger partial charge in [0, 0.05) is 24.1 Å². The number of aliphatic hydroxyl groups excluding tert-OH is 1. The lowest BCUT2D eigenvalue weighted by atomic mass is 10.2. The van der Waals surface area contributed by atoms with Gasteiger partial charge in [0.25, 0.3) is 5.56 Å². The van der Waals surface area contributed by atoms with E-state index < -0.39 is 64.1 Å². The molecule has 5 unspecified atom stereocenters. The fraction of sp³-hybridized carbons (Fsp3) is 0.636. The molecule has 1 fully saturated rings. The minimum atomic E-state index is -5.52. The zero-order valence-electron chi connectivity index (χ0n) is 14.6. The largest absolute Gasteiger partial charge is 0.810 e. The minimum Gasteiger partial charge on any atom is -0.810 e. The summed E-state index contributed by atoms with van der Waals surface area (Å²) in [6.45, 7) is -4.09. The van der Waals surface area contributed by atoms with Gasteiger partial charge in [-0.05, 0) is 6.92 Å². The van der Waals surface area contributed by atoms with Gasteiger partial charge in [0.05, 0.1) is 12.7 Å². The van der Waals surface area contributed by atoms with E-state index in [0.717, 1.165) is 4.57 Å². The fourth-order valence-electron chi connectivity index (χ4n) is 2.41. The predicted octanol–water partition coefficient (Wildman–Crippen LogP) is -3.46. The topological polar surface area (TPSA) is 229 Å². The van der Waals surface area contributed by atoms with Gasteiger partial charge in [-0.2, -0.15) is 0 Å². The van der Waals surface area contributed by atoms with E-state index in [1.807, 2.05) is 0 Å². The number of nitrogens with zero attached hydrogens (tertiary/aromatic N) is 1. The Morgan fingerprint density at radius 3 is 2.55 bits per heavy atom. The molecular formula is C11H15N2O12P3S-4. The maximum atomic E-state index is 11.9. The molecule has 5 atom stereocenters. The summed E-state index contributed by atoms with van der Waals surface area (Å²) < 4.78 is 37.0. The zero-order valence-corrected chi connectivity index (χ0v) is 18.1. The van der Waals surface area contributed by atoms with Crippen molar-refractivity contribution >= 4 is 33.7 Å². The highest BCUT2D eigenvalue weighted by Gasteiger charge is 2.36. The van der Waals surface area contributed by atoms with Crippen LogP contribution in [0, 0.1) is 6.92 Å². The van der Waals surface area contributed by atoms with Crippen LogP contribution >= 0.6 is 21.9 Å².